The molecule has 0 aliphatic rings. The molecule has 0 N–H and O–H groups in total. The van der Waals surface area contributed by atoms with E-state index in [1.54, 1.807) is 25.4 Å². The van der Waals surface area contributed by atoms with Crippen LogP contribution in [0.25, 0.3) is 10.2 Å². The minimum Gasteiger partial charge on any atom is -0.494 e. The molecular formula is C19H14ClN5O2S. The molecule has 1 amide bonds. The molecule has 28 heavy (non-hydrogen) atoms. The van der Waals surface area contributed by atoms with E-state index in [9.17, 15) is 4.79 Å². The fourth-order valence-corrected chi connectivity index (χ4v) is 3.90. The highest BCUT2D eigenvalue weighted by Crippen LogP contribution is 2.39. The number of halogens is 1. The fourth-order valence-electron chi connectivity index (χ4n) is 2.65. The van der Waals surface area contributed by atoms with Crippen molar-refractivity contribution in [3.63, 3.8) is 0 Å². The van der Waals surface area contributed by atoms with Crippen molar-refractivity contribution in [2.24, 2.45) is 0 Å². The molecule has 4 rings (SSSR count). The summed E-state index contributed by atoms with van der Waals surface area (Å²) in [7, 11) is 1.57. The maximum Gasteiger partial charge on any atom is 0.280 e. The summed E-state index contributed by atoms with van der Waals surface area (Å²) in [5.41, 5.74) is 1.54. The molecule has 0 radical (unpaired) electrons. The van der Waals surface area contributed by atoms with Gasteiger partial charge in [-0.25, -0.2) is 9.97 Å². The minimum absolute atomic E-state index is 0.218. The van der Waals surface area contributed by atoms with Gasteiger partial charge in [-0.1, -0.05) is 29.0 Å². The molecule has 0 saturated carbocycles. The summed E-state index contributed by atoms with van der Waals surface area (Å²) in [4.78, 5) is 31.7. The van der Waals surface area contributed by atoms with E-state index >= 15 is 0 Å². The Hall–Kier alpha value is -3.10. The number of pyridine rings is 1. The number of hydrogen-bond acceptors (Lipinski definition) is 7. The lowest BCUT2D eigenvalue weighted by molar-refractivity contribution is 0.0979. The summed E-state index contributed by atoms with van der Waals surface area (Å²) in [6, 6.07) is 9.03. The largest absolute Gasteiger partial charge is 0.494 e. The molecule has 0 aliphatic carbocycles. The molecular weight excluding hydrogens is 398 g/mol. The predicted molar refractivity (Wildman–Crippen MR) is 108 cm³/mol. The van der Waals surface area contributed by atoms with E-state index < -0.39 is 0 Å². The van der Waals surface area contributed by atoms with Crippen LogP contribution in [0.5, 0.6) is 5.75 Å². The lowest BCUT2D eigenvalue weighted by Crippen LogP contribution is -2.31. The van der Waals surface area contributed by atoms with Crippen LogP contribution < -0.4 is 9.64 Å². The van der Waals surface area contributed by atoms with Crippen LogP contribution in [0.3, 0.4) is 0 Å². The van der Waals surface area contributed by atoms with Gasteiger partial charge in [0.2, 0.25) is 0 Å². The van der Waals surface area contributed by atoms with Crippen LogP contribution in [0.4, 0.5) is 5.13 Å². The zero-order valence-corrected chi connectivity index (χ0v) is 16.3. The van der Waals surface area contributed by atoms with Gasteiger partial charge < -0.3 is 4.74 Å². The van der Waals surface area contributed by atoms with Crippen LogP contribution in [0.1, 0.15) is 16.2 Å². The number of aromatic nitrogens is 4. The van der Waals surface area contributed by atoms with Gasteiger partial charge in [-0.15, -0.1) is 0 Å². The van der Waals surface area contributed by atoms with Gasteiger partial charge in [0.05, 0.1) is 35.3 Å². The average Bonchev–Trinajstić information content (AvgIpc) is 3.19. The number of amides is 1. The molecule has 1 aromatic carbocycles. The quantitative estimate of drug-likeness (QED) is 0.494. The highest BCUT2D eigenvalue weighted by molar-refractivity contribution is 7.23. The first kappa shape index (κ1) is 18.3. The van der Waals surface area contributed by atoms with Gasteiger partial charge in [-0.2, -0.15) is 0 Å². The molecule has 7 nitrogen and oxygen atoms in total. The summed E-state index contributed by atoms with van der Waals surface area (Å²) in [5, 5.41) is 1.02. The maximum absolute atomic E-state index is 13.2. The van der Waals surface area contributed by atoms with E-state index in [2.05, 4.69) is 19.9 Å². The smallest absolute Gasteiger partial charge is 0.280 e. The predicted octanol–water partition coefficient (Wildman–Crippen LogP) is 3.99. The number of fused-ring (bicyclic) bond motifs is 1. The Kier molecular flexibility index (Phi) is 5.14. The van der Waals surface area contributed by atoms with Gasteiger partial charge in [0.15, 0.2) is 5.13 Å². The first-order valence-corrected chi connectivity index (χ1v) is 9.47. The maximum atomic E-state index is 13.2. The number of carbonyl (C=O) groups is 1. The molecule has 140 valence electrons. The van der Waals surface area contributed by atoms with Crippen molar-refractivity contribution in [3.05, 3.63) is 71.5 Å². The zero-order chi connectivity index (χ0) is 19.5. The Morgan fingerprint density at radius 1 is 1.18 bits per heavy atom. The van der Waals surface area contributed by atoms with Crippen molar-refractivity contribution in [3.8, 4) is 5.75 Å². The van der Waals surface area contributed by atoms with Gasteiger partial charge in [-0.3, -0.25) is 19.7 Å². The van der Waals surface area contributed by atoms with E-state index in [0.29, 0.717) is 21.4 Å². The summed E-state index contributed by atoms with van der Waals surface area (Å²) < 4.78 is 6.13. The first-order chi connectivity index (χ1) is 13.7. The summed E-state index contributed by atoms with van der Waals surface area (Å²) in [5.74, 6) is 0.263. The number of nitrogens with zero attached hydrogens (tertiary/aromatic N) is 5. The number of methoxy groups -OCH3 is 1. The van der Waals surface area contributed by atoms with Crippen molar-refractivity contribution in [2.75, 3.05) is 12.0 Å². The molecule has 0 aliphatic heterocycles. The first-order valence-electron chi connectivity index (χ1n) is 8.28. The number of anilines is 1. The van der Waals surface area contributed by atoms with Gasteiger partial charge in [0, 0.05) is 18.6 Å². The monoisotopic (exact) mass is 411 g/mol. The van der Waals surface area contributed by atoms with Gasteiger partial charge in [0.1, 0.15) is 17.0 Å². The summed E-state index contributed by atoms with van der Waals surface area (Å²) in [6.07, 6.45) is 6.10. The molecule has 0 fully saturated rings. The van der Waals surface area contributed by atoms with E-state index in [1.807, 2.05) is 18.2 Å². The summed E-state index contributed by atoms with van der Waals surface area (Å²) >= 11 is 7.65. The number of thiazole rings is 1. The summed E-state index contributed by atoms with van der Waals surface area (Å²) in [6.45, 7) is 0.232. The Morgan fingerprint density at radius 3 is 2.79 bits per heavy atom. The highest BCUT2D eigenvalue weighted by Gasteiger charge is 2.24. The van der Waals surface area contributed by atoms with E-state index in [-0.39, 0.29) is 18.1 Å². The Balaban J connectivity index is 1.82. The van der Waals surface area contributed by atoms with Gasteiger partial charge in [0.25, 0.3) is 5.91 Å². The molecule has 3 aromatic heterocycles. The number of carbonyl (C=O) groups excluding carboxylic acids is 1. The SMILES string of the molecule is COc1ccc(Cl)c2sc(N(Cc3ccccn3)C(=O)c3cnccn3)nc12. The third kappa shape index (κ3) is 3.51. The van der Waals surface area contributed by atoms with Crippen molar-refractivity contribution in [1.29, 1.82) is 0 Å². The number of hydrogen-bond donors (Lipinski definition) is 0. The van der Waals surface area contributed by atoms with Crippen LogP contribution in [0.2, 0.25) is 5.02 Å². The minimum atomic E-state index is -0.326. The molecule has 0 saturated heterocycles. The molecule has 4 aromatic rings. The van der Waals surface area contributed by atoms with Crippen molar-refractivity contribution in [2.45, 2.75) is 6.54 Å². The van der Waals surface area contributed by atoms with E-state index in [0.717, 1.165) is 10.4 Å². The molecule has 9 heteroatoms. The molecule has 0 atom stereocenters. The zero-order valence-electron chi connectivity index (χ0n) is 14.7. The second kappa shape index (κ2) is 7.87. The molecule has 0 spiro atoms. The van der Waals surface area contributed by atoms with Crippen LogP contribution in [0.15, 0.2) is 55.1 Å². The number of ether oxygens (including phenoxy) is 1. The lowest BCUT2D eigenvalue weighted by atomic mass is 10.3. The van der Waals surface area contributed by atoms with Crippen molar-refractivity contribution >= 4 is 44.2 Å². The Bertz CT molecular complexity index is 1120. The standard InChI is InChI=1S/C19H14ClN5O2S/c1-27-15-6-5-13(20)17-16(15)24-19(28-17)25(11-12-4-2-3-7-22-12)18(26)14-10-21-8-9-23-14/h2-10H,11H2,1H3. The molecule has 0 bridgehead atoms. The second-order valence-corrected chi connectivity index (χ2v) is 7.11. The lowest BCUT2D eigenvalue weighted by Gasteiger charge is -2.18. The third-order valence-electron chi connectivity index (χ3n) is 3.97. The van der Waals surface area contributed by atoms with E-state index in [4.69, 9.17) is 16.3 Å². The van der Waals surface area contributed by atoms with Gasteiger partial charge >= 0.3 is 0 Å². The van der Waals surface area contributed by atoms with Crippen molar-refractivity contribution < 1.29 is 9.53 Å². The van der Waals surface area contributed by atoms with E-state index in [1.165, 1.54) is 34.8 Å². The number of rotatable bonds is 5. The Morgan fingerprint density at radius 2 is 2.07 bits per heavy atom. The van der Waals surface area contributed by atoms with Crippen LogP contribution in [-0.4, -0.2) is 33.0 Å². The van der Waals surface area contributed by atoms with Crippen LogP contribution >= 0.6 is 22.9 Å². The average molecular weight is 412 g/mol. The highest BCUT2D eigenvalue weighted by atomic mass is 35.5. The molecule has 3 heterocycles. The normalized spacial score (nSPS) is 10.8. The Labute approximate surface area is 169 Å². The topological polar surface area (TPSA) is 81.1 Å². The fraction of sp³-hybridized carbons (Fsp3) is 0.105. The van der Waals surface area contributed by atoms with Crippen molar-refractivity contribution in [1.82, 2.24) is 19.9 Å². The number of benzene rings is 1. The molecule has 0 unspecified atom stereocenters. The third-order valence-corrected chi connectivity index (χ3v) is 5.51. The van der Waals surface area contributed by atoms with Gasteiger partial charge in [-0.05, 0) is 24.3 Å². The van der Waals surface area contributed by atoms with Crippen LogP contribution in [-0.2, 0) is 6.54 Å². The second-order valence-electron chi connectivity index (χ2n) is 5.73. The van der Waals surface area contributed by atoms with Crippen LogP contribution in [0, 0.1) is 0 Å².